The van der Waals surface area contributed by atoms with Gasteiger partial charge in [0.15, 0.2) is 17.5 Å². The van der Waals surface area contributed by atoms with Crippen LogP contribution in [0.1, 0.15) is 16.4 Å². The summed E-state index contributed by atoms with van der Waals surface area (Å²) in [5.74, 6) is 0.765. The van der Waals surface area contributed by atoms with E-state index in [9.17, 15) is 6.85 Å². The van der Waals surface area contributed by atoms with Gasteiger partial charge in [0.25, 0.3) is 0 Å². The molecule has 0 N–H and O–H groups in total. The molecule has 9 aromatic carbocycles. The first-order valence-corrected chi connectivity index (χ1v) is 19.9. The van der Waals surface area contributed by atoms with Gasteiger partial charge in [-0.05, 0) is 64.1 Å². The van der Waals surface area contributed by atoms with E-state index in [2.05, 4.69) is 0 Å². The summed E-state index contributed by atoms with van der Waals surface area (Å²) in [6.45, 7) is 0. The molecule has 0 radical (unpaired) electrons. The second kappa shape index (κ2) is 14.7. The smallest absolute Gasteiger partial charge is 0.166 e. The van der Waals surface area contributed by atoms with E-state index in [0.717, 1.165) is 21.9 Å². The van der Waals surface area contributed by atoms with Gasteiger partial charge in [0.2, 0.25) is 0 Å². The van der Waals surface area contributed by atoms with Crippen molar-refractivity contribution in [2.45, 2.75) is 0 Å². The fourth-order valence-corrected chi connectivity index (χ4v) is 8.09. The lowest BCUT2D eigenvalue weighted by molar-refractivity contribution is 0.670. The minimum Gasteiger partial charge on any atom is -0.455 e. The van der Waals surface area contributed by atoms with E-state index < -0.39 is 83.6 Å². The molecule has 3 heterocycles. The van der Waals surface area contributed by atoms with E-state index in [1.165, 1.54) is 4.57 Å². The van der Waals surface area contributed by atoms with Gasteiger partial charge in [-0.25, -0.2) is 15.0 Å². The number of hydrogen-bond donors (Lipinski definition) is 0. The zero-order chi connectivity index (χ0) is 51.4. The molecule has 0 atom stereocenters. The normalized spacial score (nSPS) is 14.3. The van der Waals surface area contributed by atoms with Crippen molar-refractivity contribution in [3.8, 4) is 73.2 Å². The molecule has 0 aliphatic carbocycles. The number of nitrogens with zero attached hydrogens (tertiary/aromatic N) is 4. The Labute approximate surface area is 374 Å². The number of para-hydroxylation sites is 3. The minimum atomic E-state index is -0.713. The molecule has 290 valence electrons. The Balaban J connectivity index is 1.22. The van der Waals surface area contributed by atoms with Crippen molar-refractivity contribution in [2.75, 3.05) is 0 Å². The second-order valence-electron chi connectivity index (χ2n) is 14.7. The summed E-state index contributed by atoms with van der Waals surface area (Å²) in [5, 5.41) is 1.34. The maximum absolute atomic E-state index is 9.86. The van der Waals surface area contributed by atoms with Crippen molar-refractivity contribution in [1.29, 1.82) is 0 Å². The maximum atomic E-state index is 9.86. The summed E-state index contributed by atoms with van der Waals surface area (Å²) < 4.78 is 117. The largest absolute Gasteiger partial charge is 0.455 e. The molecule has 0 amide bonds. The van der Waals surface area contributed by atoms with Crippen LogP contribution in [-0.4, -0.2) is 19.5 Å². The van der Waals surface area contributed by atoms with Gasteiger partial charge >= 0.3 is 0 Å². The predicted molar refractivity (Wildman–Crippen MR) is 254 cm³/mol. The molecule has 12 rings (SSSR count). The van der Waals surface area contributed by atoms with Crippen molar-refractivity contribution in [3.63, 3.8) is 0 Å². The highest BCUT2D eigenvalue weighted by Gasteiger charge is 2.22. The van der Waals surface area contributed by atoms with Crippen LogP contribution in [0.4, 0.5) is 0 Å². The highest BCUT2D eigenvalue weighted by atomic mass is 16.3. The molecule has 0 saturated carbocycles. The van der Waals surface area contributed by atoms with Crippen molar-refractivity contribution < 1.29 is 20.9 Å². The molecule has 0 aliphatic heterocycles. The molecule has 5 heteroatoms. The third-order valence-electron chi connectivity index (χ3n) is 11.0. The predicted octanol–water partition coefficient (Wildman–Crippen LogP) is 14.9. The third kappa shape index (κ3) is 6.06. The topological polar surface area (TPSA) is 56.7 Å². The summed E-state index contributed by atoms with van der Waals surface area (Å²) >= 11 is 0. The summed E-state index contributed by atoms with van der Waals surface area (Å²) in [4.78, 5) is 15.2. The standard InChI is InChI=1S/C57H36N4O/c1-4-15-37(16-5-1)39-27-29-41(30-28-39)56-58-55(40-19-8-3-9-20-40)59-57(60-56)48-33-31-43(44-23-14-24-47-46-22-11-13-26-53(46)62-54(44)47)36-52(48)61-50-25-12-10-21-45(50)49-35-42(32-34-51(49)61)38-17-6-2-7-18-38/h1-36H/i2D,6D,7D,10D,12D,17D,18D,21D,25D,32D,34D,35D. The number of aromatic nitrogens is 4. The third-order valence-corrected chi connectivity index (χ3v) is 11.0. The quantitative estimate of drug-likeness (QED) is 0.161. The van der Waals surface area contributed by atoms with Crippen LogP contribution >= 0.6 is 0 Å². The van der Waals surface area contributed by atoms with Crippen LogP contribution in [0.3, 0.4) is 0 Å². The Kier molecular flexibility index (Phi) is 5.99. The van der Waals surface area contributed by atoms with Crippen LogP contribution < -0.4 is 0 Å². The van der Waals surface area contributed by atoms with Crippen molar-refractivity contribution in [1.82, 2.24) is 19.5 Å². The fourth-order valence-electron chi connectivity index (χ4n) is 8.09. The SMILES string of the molecule is [2H]c1c([2H])c([2H])c(-c2c([2H])c([2H])c3c(c2[2H])c2c([2H])c([2H])c([2H])c([2H])c2n3-c2cc(-c3cccc4c3oc3ccccc34)ccc2-c2nc(-c3ccccc3)nc(-c3ccc(-c4ccccc4)cc3)n2)c([2H])c1[2H]. The number of rotatable bonds is 7. The van der Waals surface area contributed by atoms with Gasteiger partial charge in [0.05, 0.1) is 33.2 Å². The Morgan fingerprint density at radius 1 is 0.387 bits per heavy atom. The van der Waals surface area contributed by atoms with Crippen LogP contribution in [0.2, 0.25) is 0 Å². The average Bonchev–Trinajstić information content (AvgIpc) is 4.01. The van der Waals surface area contributed by atoms with Crippen LogP contribution in [0, 0.1) is 0 Å². The zero-order valence-electron chi connectivity index (χ0n) is 44.6. The number of benzene rings is 9. The minimum absolute atomic E-state index is 0.139. The lowest BCUT2D eigenvalue weighted by atomic mass is 9.99. The second-order valence-corrected chi connectivity index (χ2v) is 14.7. The monoisotopic (exact) mass is 804 g/mol. The summed E-state index contributed by atoms with van der Waals surface area (Å²) in [6.07, 6.45) is 0. The highest BCUT2D eigenvalue weighted by Crippen LogP contribution is 2.42. The maximum Gasteiger partial charge on any atom is 0.166 e. The molecule has 5 nitrogen and oxygen atoms in total. The van der Waals surface area contributed by atoms with Crippen molar-refractivity contribution in [2.24, 2.45) is 0 Å². The summed E-state index contributed by atoms with van der Waals surface area (Å²) in [7, 11) is 0. The molecule has 62 heavy (non-hydrogen) atoms. The van der Waals surface area contributed by atoms with Crippen LogP contribution in [-0.2, 0) is 0 Å². The van der Waals surface area contributed by atoms with Gasteiger partial charge < -0.3 is 8.98 Å². The van der Waals surface area contributed by atoms with Crippen molar-refractivity contribution in [3.05, 3.63) is 218 Å². The first-order chi connectivity index (χ1) is 35.7. The number of hydrogen-bond acceptors (Lipinski definition) is 4. The molecular formula is C57H36N4O. The van der Waals surface area contributed by atoms with Crippen LogP contribution in [0.15, 0.2) is 223 Å². The number of fused-ring (bicyclic) bond motifs is 6. The molecule has 0 bridgehead atoms. The molecule has 0 spiro atoms. The average molecular weight is 805 g/mol. The lowest BCUT2D eigenvalue weighted by Gasteiger charge is -2.17. The highest BCUT2D eigenvalue weighted by molar-refractivity contribution is 6.12. The Bertz CT molecular complexity index is 4300. The van der Waals surface area contributed by atoms with Gasteiger partial charge in [0, 0.05) is 43.8 Å². The molecule has 3 aromatic heterocycles. The zero-order valence-corrected chi connectivity index (χ0v) is 32.6. The Morgan fingerprint density at radius 2 is 1.00 bits per heavy atom. The van der Waals surface area contributed by atoms with Gasteiger partial charge in [-0.2, -0.15) is 0 Å². The summed E-state index contributed by atoms with van der Waals surface area (Å²) in [5.41, 5.74) is 5.02. The number of furan rings is 1. The van der Waals surface area contributed by atoms with Crippen LogP contribution in [0.25, 0.3) is 117 Å². The van der Waals surface area contributed by atoms with Gasteiger partial charge in [-0.1, -0.05) is 182 Å². The molecule has 0 saturated heterocycles. The van der Waals surface area contributed by atoms with E-state index in [1.54, 1.807) is 12.1 Å². The molecular weight excluding hydrogens is 757 g/mol. The van der Waals surface area contributed by atoms with Crippen molar-refractivity contribution >= 4 is 43.7 Å². The van der Waals surface area contributed by atoms with Gasteiger partial charge in [0.1, 0.15) is 11.2 Å². The first kappa shape index (κ1) is 25.3. The first-order valence-electron chi connectivity index (χ1n) is 25.9. The van der Waals surface area contributed by atoms with Gasteiger partial charge in [-0.3, -0.25) is 0 Å². The van der Waals surface area contributed by atoms with Crippen LogP contribution in [0.5, 0.6) is 0 Å². The molecule has 0 fully saturated rings. The Hall–Kier alpha value is -8.41. The van der Waals surface area contributed by atoms with E-state index in [-0.39, 0.29) is 33.3 Å². The van der Waals surface area contributed by atoms with Gasteiger partial charge in [-0.15, -0.1) is 0 Å². The molecule has 0 unspecified atom stereocenters. The fraction of sp³-hybridized carbons (Fsp3) is 0. The van der Waals surface area contributed by atoms with E-state index >= 15 is 0 Å². The summed E-state index contributed by atoms with van der Waals surface area (Å²) in [6, 6.07) is 38.2. The van der Waals surface area contributed by atoms with E-state index in [0.29, 0.717) is 50.6 Å². The lowest BCUT2D eigenvalue weighted by Crippen LogP contribution is -2.04. The molecule has 0 aliphatic rings. The Morgan fingerprint density at radius 3 is 1.81 bits per heavy atom. The van der Waals surface area contributed by atoms with E-state index in [1.807, 2.05) is 133 Å². The molecule has 12 aromatic rings. The van der Waals surface area contributed by atoms with E-state index in [4.69, 9.17) is 29.0 Å².